The summed E-state index contributed by atoms with van der Waals surface area (Å²) in [5.41, 5.74) is 9.60. The van der Waals surface area contributed by atoms with Crippen LogP contribution in [-0.4, -0.2) is 22.1 Å². The number of ether oxygens (including phenoxy) is 1. The summed E-state index contributed by atoms with van der Waals surface area (Å²) >= 11 is 0. The van der Waals surface area contributed by atoms with Crippen LogP contribution in [0.15, 0.2) is 72.2 Å². The van der Waals surface area contributed by atoms with Gasteiger partial charge in [-0.25, -0.2) is 9.98 Å². The van der Waals surface area contributed by atoms with Crippen molar-refractivity contribution in [3.8, 4) is 5.75 Å². The smallest absolute Gasteiger partial charge is 0.189 e. The molecule has 0 amide bonds. The molecule has 2 heterocycles. The molecule has 6 nitrogen and oxygen atoms in total. The number of rotatable bonds is 5. The number of hydrogen-bond acceptors (Lipinski definition) is 3. The Hall–Kier alpha value is -3.28. The highest BCUT2D eigenvalue weighted by Crippen LogP contribution is 2.31. The number of nitrogens with two attached hydrogens (primary N) is 1. The van der Waals surface area contributed by atoms with E-state index in [9.17, 15) is 0 Å². The lowest BCUT2D eigenvalue weighted by molar-refractivity contribution is 0.262. The van der Waals surface area contributed by atoms with E-state index in [0.29, 0.717) is 19.1 Å². The Morgan fingerprint density at radius 2 is 2.00 bits per heavy atom. The van der Waals surface area contributed by atoms with Crippen LogP contribution in [0.3, 0.4) is 0 Å². The first-order chi connectivity index (χ1) is 13.3. The summed E-state index contributed by atoms with van der Waals surface area (Å²) in [6, 6.07) is 16.6. The zero-order chi connectivity index (χ0) is 18.5. The van der Waals surface area contributed by atoms with Gasteiger partial charge in [-0.15, -0.1) is 0 Å². The second kappa shape index (κ2) is 7.95. The van der Waals surface area contributed by atoms with Crippen molar-refractivity contribution in [2.45, 2.75) is 25.6 Å². The minimum atomic E-state index is 0.135. The number of hydrogen-bond donors (Lipinski definition) is 2. The number of nitrogens with zero attached hydrogens (tertiary/aromatic N) is 3. The number of aliphatic imine (C=N–C) groups is 1. The van der Waals surface area contributed by atoms with Crippen molar-refractivity contribution in [1.82, 2.24) is 14.9 Å². The highest BCUT2D eigenvalue weighted by atomic mass is 16.5. The van der Waals surface area contributed by atoms with Crippen molar-refractivity contribution in [2.75, 3.05) is 6.61 Å². The van der Waals surface area contributed by atoms with E-state index in [4.69, 9.17) is 10.5 Å². The molecule has 0 spiro atoms. The molecule has 2 aromatic carbocycles. The molecule has 0 fully saturated rings. The highest BCUT2D eigenvalue weighted by Gasteiger charge is 2.21. The molecule has 1 aliphatic heterocycles. The van der Waals surface area contributed by atoms with Crippen LogP contribution in [0.25, 0.3) is 0 Å². The van der Waals surface area contributed by atoms with Gasteiger partial charge in [0.2, 0.25) is 0 Å². The lowest BCUT2D eigenvalue weighted by Gasteiger charge is -2.26. The number of guanidine groups is 1. The van der Waals surface area contributed by atoms with Crippen molar-refractivity contribution in [2.24, 2.45) is 10.7 Å². The van der Waals surface area contributed by atoms with Gasteiger partial charge in [-0.05, 0) is 17.2 Å². The fraction of sp³-hybridized carbons (Fsp3) is 0.238. The van der Waals surface area contributed by atoms with Gasteiger partial charge < -0.3 is 20.4 Å². The summed E-state index contributed by atoms with van der Waals surface area (Å²) in [6.07, 6.45) is 6.43. The first kappa shape index (κ1) is 17.1. The maximum Gasteiger partial charge on any atom is 0.189 e. The Kier molecular flexibility index (Phi) is 5.05. The van der Waals surface area contributed by atoms with Gasteiger partial charge in [0.1, 0.15) is 5.75 Å². The summed E-state index contributed by atoms with van der Waals surface area (Å²) in [4.78, 5) is 8.56. The topological polar surface area (TPSA) is 77.5 Å². The van der Waals surface area contributed by atoms with Gasteiger partial charge in [0, 0.05) is 30.9 Å². The molecule has 27 heavy (non-hydrogen) atoms. The molecule has 6 heteroatoms. The standard InChI is InChI=1S/C21H23N5O/c22-21(25-19-9-12-27-20-4-2-1-3-18(19)20)24-13-16-5-7-17(8-6-16)14-26-11-10-23-15-26/h1-8,10-11,15,19H,9,12-14H2,(H3,22,24,25). The van der Waals surface area contributed by atoms with Crippen molar-refractivity contribution < 1.29 is 4.74 Å². The van der Waals surface area contributed by atoms with Crippen LogP contribution in [0, 0.1) is 0 Å². The third-order valence-electron chi connectivity index (χ3n) is 4.66. The quantitative estimate of drug-likeness (QED) is 0.541. The van der Waals surface area contributed by atoms with Gasteiger partial charge in [-0.2, -0.15) is 0 Å². The number of para-hydroxylation sites is 1. The van der Waals surface area contributed by atoms with Crippen LogP contribution < -0.4 is 15.8 Å². The number of benzene rings is 2. The molecular weight excluding hydrogens is 338 g/mol. The first-order valence-corrected chi connectivity index (χ1v) is 9.10. The number of aromatic nitrogens is 2. The Balaban J connectivity index is 1.35. The predicted octanol–water partition coefficient (Wildman–Crippen LogP) is 2.86. The van der Waals surface area contributed by atoms with E-state index < -0.39 is 0 Å². The summed E-state index contributed by atoms with van der Waals surface area (Å²) in [5.74, 6) is 1.38. The van der Waals surface area contributed by atoms with Crippen LogP contribution in [0.1, 0.15) is 29.2 Å². The molecule has 4 rings (SSSR count). The second-order valence-corrected chi connectivity index (χ2v) is 6.62. The van der Waals surface area contributed by atoms with Crippen LogP contribution in [0.4, 0.5) is 0 Å². The molecular formula is C21H23N5O. The zero-order valence-electron chi connectivity index (χ0n) is 15.1. The van der Waals surface area contributed by atoms with Gasteiger partial charge in [-0.1, -0.05) is 42.5 Å². The van der Waals surface area contributed by atoms with E-state index in [-0.39, 0.29) is 6.04 Å². The van der Waals surface area contributed by atoms with Crippen LogP contribution >= 0.6 is 0 Å². The molecule has 1 atom stereocenters. The zero-order valence-corrected chi connectivity index (χ0v) is 15.1. The predicted molar refractivity (Wildman–Crippen MR) is 106 cm³/mol. The monoisotopic (exact) mass is 361 g/mol. The van der Waals surface area contributed by atoms with Crippen molar-refractivity contribution in [3.63, 3.8) is 0 Å². The van der Waals surface area contributed by atoms with E-state index in [1.807, 2.05) is 35.3 Å². The summed E-state index contributed by atoms with van der Waals surface area (Å²) in [7, 11) is 0. The minimum absolute atomic E-state index is 0.135. The number of nitrogens with one attached hydrogen (secondary N) is 1. The molecule has 0 saturated carbocycles. The van der Waals surface area contributed by atoms with Gasteiger partial charge in [0.25, 0.3) is 0 Å². The maximum atomic E-state index is 6.12. The maximum absolute atomic E-state index is 6.12. The van der Waals surface area contributed by atoms with Gasteiger partial charge in [0.05, 0.1) is 25.5 Å². The number of imidazole rings is 1. The molecule has 0 bridgehead atoms. The van der Waals surface area contributed by atoms with Crippen molar-refractivity contribution in [3.05, 3.63) is 83.9 Å². The largest absolute Gasteiger partial charge is 0.493 e. The van der Waals surface area contributed by atoms with Crippen LogP contribution in [-0.2, 0) is 13.1 Å². The molecule has 0 aliphatic carbocycles. The highest BCUT2D eigenvalue weighted by molar-refractivity contribution is 5.78. The Bertz CT molecular complexity index is 903. The SMILES string of the molecule is NC(=NCc1ccc(Cn2ccnc2)cc1)NC1CCOc2ccccc21. The normalized spacial score (nSPS) is 16.4. The van der Waals surface area contributed by atoms with E-state index >= 15 is 0 Å². The summed E-state index contributed by atoms with van der Waals surface area (Å²) < 4.78 is 7.73. The van der Waals surface area contributed by atoms with Crippen LogP contribution in [0.2, 0.25) is 0 Å². The number of fused-ring (bicyclic) bond motifs is 1. The lowest BCUT2D eigenvalue weighted by atomic mass is 10.0. The van der Waals surface area contributed by atoms with E-state index in [0.717, 1.165) is 29.8 Å². The van der Waals surface area contributed by atoms with E-state index in [1.54, 1.807) is 6.20 Å². The fourth-order valence-corrected chi connectivity index (χ4v) is 3.23. The minimum Gasteiger partial charge on any atom is -0.493 e. The van der Waals surface area contributed by atoms with Crippen molar-refractivity contribution in [1.29, 1.82) is 0 Å². The lowest BCUT2D eigenvalue weighted by Crippen LogP contribution is -2.37. The summed E-state index contributed by atoms with van der Waals surface area (Å²) in [6.45, 7) is 2.05. The fourth-order valence-electron chi connectivity index (χ4n) is 3.23. The molecule has 1 unspecified atom stereocenters. The molecule has 1 aliphatic rings. The third-order valence-corrected chi connectivity index (χ3v) is 4.66. The first-order valence-electron chi connectivity index (χ1n) is 9.10. The third kappa shape index (κ3) is 4.28. The van der Waals surface area contributed by atoms with Crippen LogP contribution in [0.5, 0.6) is 5.75 Å². The molecule has 0 radical (unpaired) electrons. The van der Waals surface area contributed by atoms with E-state index in [2.05, 4.69) is 45.6 Å². The molecule has 3 aromatic rings. The van der Waals surface area contributed by atoms with E-state index in [1.165, 1.54) is 5.56 Å². The average Bonchev–Trinajstić information content (AvgIpc) is 3.21. The Labute approximate surface area is 158 Å². The second-order valence-electron chi connectivity index (χ2n) is 6.62. The van der Waals surface area contributed by atoms with Gasteiger partial charge in [0.15, 0.2) is 5.96 Å². The summed E-state index contributed by atoms with van der Waals surface area (Å²) in [5, 5.41) is 3.32. The Morgan fingerprint density at radius 3 is 2.81 bits per heavy atom. The Morgan fingerprint density at radius 1 is 1.19 bits per heavy atom. The van der Waals surface area contributed by atoms with Gasteiger partial charge >= 0.3 is 0 Å². The van der Waals surface area contributed by atoms with Crippen molar-refractivity contribution >= 4 is 5.96 Å². The molecule has 0 saturated heterocycles. The molecule has 3 N–H and O–H groups in total. The molecule has 1 aromatic heterocycles. The van der Waals surface area contributed by atoms with Gasteiger partial charge in [-0.3, -0.25) is 0 Å². The average molecular weight is 361 g/mol. The molecule has 138 valence electrons.